The van der Waals surface area contributed by atoms with E-state index < -0.39 is 11.9 Å². The highest BCUT2D eigenvalue weighted by molar-refractivity contribution is 6.05. The van der Waals surface area contributed by atoms with E-state index in [0.717, 1.165) is 6.07 Å². The fourth-order valence-corrected chi connectivity index (χ4v) is 1.85. The lowest BCUT2D eigenvalue weighted by Gasteiger charge is -2.10. The van der Waals surface area contributed by atoms with E-state index in [1.54, 1.807) is 18.2 Å². The van der Waals surface area contributed by atoms with Crippen LogP contribution in [0.1, 0.15) is 10.4 Å². The van der Waals surface area contributed by atoms with Gasteiger partial charge in [-0.05, 0) is 18.2 Å². The van der Waals surface area contributed by atoms with Gasteiger partial charge in [-0.15, -0.1) is 0 Å². The zero-order valence-corrected chi connectivity index (χ0v) is 10.8. The average molecular weight is 283 g/mol. The maximum Gasteiger partial charge on any atom is 0.255 e. The fourth-order valence-electron chi connectivity index (χ4n) is 1.85. The number of carbonyl (C=O) groups excluding carboxylic acids is 1. The molecule has 21 heavy (non-hydrogen) atoms. The molecule has 2 aromatic heterocycles. The van der Waals surface area contributed by atoms with Crippen molar-refractivity contribution in [2.24, 2.45) is 0 Å². The number of aromatic nitrogens is 4. The monoisotopic (exact) mass is 283 g/mol. The van der Waals surface area contributed by atoms with Crippen molar-refractivity contribution >= 4 is 11.6 Å². The smallest absolute Gasteiger partial charge is 0.255 e. The van der Waals surface area contributed by atoms with E-state index in [4.69, 9.17) is 0 Å². The predicted molar refractivity (Wildman–Crippen MR) is 73.5 cm³/mol. The third-order valence-electron chi connectivity index (χ3n) is 2.81. The molecule has 1 amide bonds. The number of amides is 1. The minimum atomic E-state index is -0.702. The second-order valence-corrected chi connectivity index (χ2v) is 4.18. The Labute approximate surface area is 119 Å². The molecule has 2 heterocycles. The molecule has 0 aliphatic rings. The zero-order chi connectivity index (χ0) is 14.7. The first-order valence-electron chi connectivity index (χ1n) is 6.11. The summed E-state index contributed by atoms with van der Waals surface area (Å²) in [4.78, 5) is 19.4. The second-order valence-electron chi connectivity index (χ2n) is 4.18. The van der Waals surface area contributed by atoms with Gasteiger partial charge in [-0.1, -0.05) is 12.1 Å². The maximum absolute atomic E-state index is 13.1. The highest BCUT2D eigenvalue weighted by Gasteiger charge is 2.11. The van der Waals surface area contributed by atoms with Crippen molar-refractivity contribution in [3.63, 3.8) is 0 Å². The van der Waals surface area contributed by atoms with Crippen molar-refractivity contribution < 1.29 is 9.18 Å². The number of hydrogen-bond acceptors (Lipinski definition) is 4. The van der Waals surface area contributed by atoms with Gasteiger partial charge in [-0.3, -0.25) is 4.79 Å². The molecule has 0 unspecified atom stereocenters. The molecule has 3 rings (SSSR count). The maximum atomic E-state index is 13.1. The molecule has 0 saturated heterocycles. The van der Waals surface area contributed by atoms with E-state index in [2.05, 4.69) is 20.4 Å². The minimum absolute atomic E-state index is 0.191. The highest BCUT2D eigenvalue weighted by Crippen LogP contribution is 2.19. The summed E-state index contributed by atoms with van der Waals surface area (Å²) in [5.41, 5.74) is 1.40. The van der Waals surface area contributed by atoms with Crippen molar-refractivity contribution in [3.8, 4) is 5.69 Å². The first-order chi connectivity index (χ1) is 10.2. The lowest BCUT2D eigenvalue weighted by atomic mass is 10.2. The van der Waals surface area contributed by atoms with Crippen LogP contribution in [0.15, 0.2) is 55.2 Å². The molecule has 0 saturated carbocycles. The molecule has 0 bridgehead atoms. The van der Waals surface area contributed by atoms with Gasteiger partial charge in [-0.25, -0.2) is 14.6 Å². The standard InChI is InChI=1S/C14H10FN5O/c15-13-7-10(5-6-17-13)14(21)19-11-3-1-2-4-12(11)20-9-16-8-18-20/h1-9H,(H,19,21). The van der Waals surface area contributed by atoms with Crippen molar-refractivity contribution in [1.82, 2.24) is 19.7 Å². The van der Waals surface area contributed by atoms with Gasteiger partial charge in [0.25, 0.3) is 5.91 Å². The van der Waals surface area contributed by atoms with Crippen LogP contribution in [0.5, 0.6) is 0 Å². The molecule has 6 nitrogen and oxygen atoms in total. The van der Waals surface area contributed by atoms with Crippen LogP contribution >= 0.6 is 0 Å². The molecular weight excluding hydrogens is 273 g/mol. The van der Waals surface area contributed by atoms with E-state index in [-0.39, 0.29) is 5.56 Å². The Kier molecular flexibility index (Phi) is 3.38. The van der Waals surface area contributed by atoms with Gasteiger partial charge in [0, 0.05) is 17.8 Å². The molecule has 0 atom stereocenters. The zero-order valence-electron chi connectivity index (χ0n) is 10.8. The summed E-state index contributed by atoms with van der Waals surface area (Å²) in [6, 6.07) is 9.63. The van der Waals surface area contributed by atoms with Crippen molar-refractivity contribution in [1.29, 1.82) is 0 Å². The van der Waals surface area contributed by atoms with Crippen molar-refractivity contribution in [2.45, 2.75) is 0 Å². The van der Waals surface area contributed by atoms with Crippen LogP contribution in [-0.2, 0) is 0 Å². The first-order valence-corrected chi connectivity index (χ1v) is 6.11. The van der Waals surface area contributed by atoms with Crippen LogP contribution in [0.4, 0.5) is 10.1 Å². The molecular formula is C14H10FN5O. The first kappa shape index (κ1) is 12.9. The number of hydrogen-bond donors (Lipinski definition) is 1. The Morgan fingerprint density at radius 1 is 1.24 bits per heavy atom. The van der Waals surface area contributed by atoms with Crippen molar-refractivity contribution in [3.05, 3.63) is 66.8 Å². The summed E-state index contributed by atoms with van der Waals surface area (Å²) < 4.78 is 14.6. The molecule has 0 radical (unpaired) electrons. The summed E-state index contributed by atoms with van der Waals surface area (Å²) in [6.07, 6.45) is 4.17. The summed E-state index contributed by atoms with van der Waals surface area (Å²) >= 11 is 0. The molecule has 0 aliphatic carbocycles. The molecule has 1 aromatic carbocycles. The number of para-hydroxylation sites is 2. The third-order valence-corrected chi connectivity index (χ3v) is 2.81. The number of halogens is 1. The van der Waals surface area contributed by atoms with Gasteiger partial charge in [-0.2, -0.15) is 9.49 Å². The van der Waals surface area contributed by atoms with Gasteiger partial charge in [0.05, 0.1) is 11.4 Å². The van der Waals surface area contributed by atoms with Gasteiger partial charge < -0.3 is 5.32 Å². The normalized spacial score (nSPS) is 10.3. The largest absolute Gasteiger partial charge is 0.320 e. The molecule has 7 heteroatoms. The van der Waals surface area contributed by atoms with Gasteiger partial charge in [0.2, 0.25) is 5.95 Å². The van der Waals surface area contributed by atoms with E-state index in [9.17, 15) is 9.18 Å². The van der Waals surface area contributed by atoms with Crippen molar-refractivity contribution in [2.75, 3.05) is 5.32 Å². The van der Waals surface area contributed by atoms with Crippen LogP contribution in [0.3, 0.4) is 0 Å². The number of carbonyl (C=O) groups is 1. The Balaban J connectivity index is 1.90. The SMILES string of the molecule is O=C(Nc1ccccc1-n1cncn1)c1ccnc(F)c1. The quantitative estimate of drug-likeness (QED) is 0.747. The lowest BCUT2D eigenvalue weighted by Crippen LogP contribution is -2.14. The second kappa shape index (κ2) is 5.49. The molecule has 104 valence electrons. The summed E-state index contributed by atoms with van der Waals surface area (Å²) in [7, 11) is 0. The Bertz CT molecular complexity index is 773. The number of anilines is 1. The van der Waals surface area contributed by atoms with Crippen LogP contribution in [0.2, 0.25) is 0 Å². The van der Waals surface area contributed by atoms with Crippen LogP contribution in [0.25, 0.3) is 5.69 Å². The van der Waals surface area contributed by atoms with Crippen LogP contribution in [-0.4, -0.2) is 25.7 Å². The van der Waals surface area contributed by atoms with Crippen LogP contribution < -0.4 is 5.32 Å². The van der Waals surface area contributed by atoms with Gasteiger partial charge in [0.1, 0.15) is 12.7 Å². The van der Waals surface area contributed by atoms with E-state index in [0.29, 0.717) is 11.4 Å². The van der Waals surface area contributed by atoms with Crippen LogP contribution in [0, 0.1) is 5.95 Å². The molecule has 3 aromatic rings. The molecule has 0 fully saturated rings. The number of benzene rings is 1. The Morgan fingerprint density at radius 3 is 2.86 bits per heavy atom. The summed E-state index contributed by atoms with van der Waals surface area (Å²) in [5, 5.41) is 6.75. The average Bonchev–Trinajstić information content (AvgIpc) is 3.02. The van der Waals surface area contributed by atoms with E-state index >= 15 is 0 Å². The van der Waals surface area contributed by atoms with Gasteiger partial charge >= 0.3 is 0 Å². The summed E-state index contributed by atoms with van der Waals surface area (Å²) in [6.45, 7) is 0. The lowest BCUT2D eigenvalue weighted by molar-refractivity contribution is 0.102. The minimum Gasteiger partial charge on any atom is -0.320 e. The number of nitrogens with zero attached hydrogens (tertiary/aromatic N) is 4. The number of rotatable bonds is 3. The fraction of sp³-hybridized carbons (Fsp3) is 0. The van der Waals surface area contributed by atoms with Gasteiger partial charge in [0.15, 0.2) is 0 Å². The predicted octanol–water partition coefficient (Wildman–Crippen LogP) is 2.05. The number of nitrogens with one attached hydrogen (secondary N) is 1. The molecule has 0 spiro atoms. The molecule has 0 aliphatic heterocycles. The van der Waals surface area contributed by atoms with E-state index in [1.165, 1.54) is 29.6 Å². The summed E-state index contributed by atoms with van der Waals surface area (Å²) in [5.74, 6) is -1.13. The number of pyridine rings is 1. The third kappa shape index (κ3) is 2.76. The molecule has 1 N–H and O–H groups in total. The topological polar surface area (TPSA) is 72.7 Å². The highest BCUT2D eigenvalue weighted by atomic mass is 19.1. The van der Waals surface area contributed by atoms with E-state index in [1.807, 2.05) is 6.07 Å². The Morgan fingerprint density at radius 2 is 2.10 bits per heavy atom. The Hall–Kier alpha value is -3.09.